The zero-order valence-electron chi connectivity index (χ0n) is 12.8. The van der Waals surface area contributed by atoms with Crippen molar-refractivity contribution in [3.8, 4) is 0 Å². The lowest BCUT2D eigenvalue weighted by atomic mass is 9.97. The minimum Gasteiger partial charge on any atom is -0.330 e. The third-order valence-electron chi connectivity index (χ3n) is 3.84. The Hall–Kier alpha value is -1.64. The van der Waals surface area contributed by atoms with Gasteiger partial charge in [-0.05, 0) is 43.0 Å². The van der Waals surface area contributed by atoms with Gasteiger partial charge in [0.25, 0.3) is 0 Å². The van der Waals surface area contributed by atoms with E-state index in [1.807, 2.05) is 0 Å². The first-order chi connectivity index (χ1) is 10.3. The van der Waals surface area contributed by atoms with Gasteiger partial charge in [-0.25, -0.2) is 0 Å². The molecule has 0 heterocycles. The third kappa shape index (κ3) is 5.00. The summed E-state index contributed by atoms with van der Waals surface area (Å²) in [5.74, 6) is 0.642. The highest BCUT2D eigenvalue weighted by molar-refractivity contribution is 5.31. The Bertz CT molecular complexity index is 456. The molecule has 2 heteroatoms. The van der Waals surface area contributed by atoms with Crippen molar-refractivity contribution in [2.24, 2.45) is 11.7 Å². The maximum atomic E-state index is 5.59. The summed E-state index contributed by atoms with van der Waals surface area (Å²) in [7, 11) is 0. The van der Waals surface area contributed by atoms with Crippen molar-refractivity contribution in [2.45, 2.75) is 25.8 Å². The van der Waals surface area contributed by atoms with Crippen LogP contribution < -0.4 is 11.1 Å². The van der Waals surface area contributed by atoms with Crippen molar-refractivity contribution in [3.05, 3.63) is 71.8 Å². The summed E-state index contributed by atoms with van der Waals surface area (Å²) in [6.07, 6.45) is 2.28. The van der Waals surface area contributed by atoms with Crippen LogP contribution in [0, 0.1) is 5.92 Å². The molecule has 112 valence electrons. The second-order valence-electron chi connectivity index (χ2n) is 5.70. The first kappa shape index (κ1) is 15.7. The molecule has 0 amide bonds. The molecule has 0 aliphatic heterocycles. The second-order valence-corrected chi connectivity index (χ2v) is 5.70. The van der Waals surface area contributed by atoms with E-state index in [1.54, 1.807) is 0 Å². The fraction of sp³-hybridized carbons (Fsp3) is 0.368. The molecule has 0 aliphatic carbocycles. The van der Waals surface area contributed by atoms with Crippen LogP contribution in [0.5, 0.6) is 0 Å². The van der Waals surface area contributed by atoms with Crippen molar-refractivity contribution >= 4 is 0 Å². The summed E-state index contributed by atoms with van der Waals surface area (Å²) in [5, 5.41) is 3.72. The maximum absolute atomic E-state index is 5.59. The molecular weight excluding hydrogens is 256 g/mol. The predicted octanol–water partition coefficient (Wildman–Crippen LogP) is 3.74. The normalized spacial score (nSPS) is 12.5. The molecule has 0 spiro atoms. The van der Waals surface area contributed by atoms with E-state index in [2.05, 4.69) is 72.9 Å². The Labute approximate surface area is 128 Å². The summed E-state index contributed by atoms with van der Waals surface area (Å²) < 4.78 is 0. The number of nitrogens with one attached hydrogen (secondary N) is 1. The predicted molar refractivity (Wildman–Crippen MR) is 90.2 cm³/mol. The van der Waals surface area contributed by atoms with E-state index in [0.29, 0.717) is 5.92 Å². The molecule has 2 aromatic rings. The minimum absolute atomic E-state index is 0.257. The van der Waals surface area contributed by atoms with Crippen LogP contribution in [-0.2, 0) is 0 Å². The lowest BCUT2D eigenvalue weighted by Crippen LogP contribution is -2.27. The third-order valence-corrected chi connectivity index (χ3v) is 3.84. The molecule has 21 heavy (non-hydrogen) atoms. The van der Waals surface area contributed by atoms with E-state index in [1.165, 1.54) is 17.5 Å². The van der Waals surface area contributed by atoms with Crippen LogP contribution in [0.25, 0.3) is 0 Å². The first-order valence-electron chi connectivity index (χ1n) is 7.84. The average Bonchev–Trinajstić information content (AvgIpc) is 2.55. The second kappa shape index (κ2) is 8.60. The van der Waals surface area contributed by atoms with Crippen LogP contribution in [0.2, 0.25) is 0 Å². The van der Waals surface area contributed by atoms with Crippen LogP contribution in [-0.4, -0.2) is 13.1 Å². The van der Waals surface area contributed by atoms with Crippen LogP contribution in [0.1, 0.15) is 36.9 Å². The molecule has 1 unspecified atom stereocenters. The molecule has 2 nitrogen and oxygen atoms in total. The quantitative estimate of drug-likeness (QED) is 0.774. The van der Waals surface area contributed by atoms with Crippen LogP contribution in [0.4, 0.5) is 0 Å². The van der Waals surface area contributed by atoms with E-state index in [-0.39, 0.29) is 6.04 Å². The van der Waals surface area contributed by atoms with Crippen LogP contribution in [0.15, 0.2) is 60.7 Å². The van der Waals surface area contributed by atoms with Crippen molar-refractivity contribution in [3.63, 3.8) is 0 Å². The number of nitrogens with two attached hydrogens (primary N) is 1. The molecule has 1 atom stereocenters. The Balaban J connectivity index is 2.07. The van der Waals surface area contributed by atoms with Gasteiger partial charge in [0.05, 0.1) is 6.04 Å². The number of hydrogen-bond acceptors (Lipinski definition) is 2. The molecule has 0 radical (unpaired) electrons. The van der Waals surface area contributed by atoms with Crippen LogP contribution in [0.3, 0.4) is 0 Å². The van der Waals surface area contributed by atoms with Gasteiger partial charge in [-0.15, -0.1) is 0 Å². The van der Waals surface area contributed by atoms with Gasteiger partial charge in [0.1, 0.15) is 0 Å². The maximum Gasteiger partial charge on any atom is 0.0576 e. The van der Waals surface area contributed by atoms with E-state index < -0.39 is 0 Å². The lowest BCUT2D eigenvalue weighted by molar-refractivity contribution is 0.449. The van der Waals surface area contributed by atoms with Crippen molar-refractivity contribution in [1.29, 1.82) is 0 Å². The summed E-state index contributed by atoms with van der Waals surface area (Å²) in [5.41, 5.74) is 8.22. The highest BCUT2D eigenvalue weighted by Gasteiger charge is 2.14. The van der Waals surface area contributed by atoms with Gasteiger partial charge in [0.15, 0.2) is 0 Å². The summed E-state index contributed by atoms with van der Waals surface area (Å²) >= 11 is 0. The largest absolute Gasteiger partial charge is 0.330 e. The SMILES string of the molecule is CC(CCCN)CNC(c1ccccc1)c1ccccc1. The monoisotopic (exact) mass is 282 g/mol. The number of benzene rings is 2. The van der Waals surface area contributed by atoms with Gasteiger partial charge < -0.3 is 11.1 Å². The van der Waals surface area contributed by atoms with E-state index >= 15 is 0 Å². The van der Waals surface area contributed by atoms with Gasteiger partial charge in [-0.3, -0.25) is 0 Å². The molecule has 2 aromatic carbocycles. The van der Waals surface area contributed by atoms with E-state index in [0.717, 1.165) is 19.5 Å². The zero-order chi connectivity index (χ0) is 14.9. The van der Waals surface area contributed by atoms with Crippen molar-refractivity contribution < 1.29 is 0 Å². The highest BCUT2D eigenvalue weighted by Crippen LogP contribution is 2.22. The first-order valence-corrected chi connectivity index (χ1v) is 7.84. The summed E-state index contributed by atoms with van der Waals surface area (Å²) in [4.78, 5) is 0. The van der Waals surface area contributed by atoms with Gasteiger partial charge >= 0.3 is 0 Å². The average molecular weight is 282 g/mol. The Morgan fingerprint density at radius 1 is 0.905 bits per heavy atom. The van der Waals surface area contributed by atoms with E-state index in [9.17, 15) is 0 Å². The Kier molecular flexibility index (Phi) is 6.45. The summed E-state index contributed by atoms with van der Waals surface area (Å²) in [6.45, 7) is 4.08. The molecule has 0 saturated heterocycles. The number of rotatable bonds is 8. The zero-order valence-corrected chi connectivity index (χ0v) is 12.8. The molecule has 0 bridgehead atoms. The van der Waals surface area contributed by atoms with Crippen molar-refractivity contribution in [2.75, 3.05) is 13.1 Å². The summed E-state index contributed by atoms with van der Waals surface area (Å²) in [6, 6.07) is 21.6. The smallest absolute Gasteiger partial charge is 0.0576 e. The molecule has 0 aliphatic rings. The molecule has 2 rings (SSSR count). The Morgan fingerprint density at radius 2 is 1.43 bits per heavy atom. The fourth-order valence-corrected chi connectivity index (χ4v) is 2.61. The van der Waals surface area contributed by atoms with Gasteiger partial charge in [0, 0.05) is 0 Å². The lowest BCUT2D eigenvalue weighted by Gasteiger charge is -2.22. The van der Waals surface area contributed by atoms with Crippen LogP contribution >= 0.6 is 0 Å². The minimum atomic E-state index is 0.257. The fourth-order valence-electron chi connectivity index (χ4n) is 2.61. The number of hydrogen-bond donors (Lipinski definition) is 2. The molecule has 0 aromatic heterocycles. The van der Waals surface area contributed by atoms with Gasteiger partial charge in [-0.1, -0.05) is 67.6 Å². The standard InChI is InChI=1S/C19H26N2/c1-16(9-8-14-20)15-21-19(17-10-4-2-5-11-17)18-12-6-3-7-13-18/h2-7,10-13,16,19,21H,8-9,14-15,20H2,1H3. The van der Waals surface area contributed by atoms with Gasteiger partial charge in [-0.2, -0.15) is 0 Å². The molecular formula is C19H26N2. The van der Waals surface area contributed by atoms with E-state index in [4.69, 9.17) is 5.73 Å². The highest BCUT2D eigenvalue weighted by atomic mass is 14.9. The molecule has 3 N–H and O–H groups in total. The van der Waals surface area contributed by atoms with Crippen molar-refractivity contribution in [1.82, 2.24) is 5.32 Å². The Morgan fingerprint density at radius 3 is 1.90 bits per heavy atom. The topological polar surface area (TPSA) is 38.0 Å². The molecule has 0 fully saturated rings. The van der Waals surface area contributed by atoms with Gasteiger partial charge in [0.2, 0.25) is 0 Å². The molecule has 0 saturated carbocycles.